The molecule has 0 aliphatic heterocycles. The number of halogens is 6. The summed E-state index contributed by atoms with van der Waals surface area (Å²) < 4.78 is 70.8. The molecule has 0 atom stereocenters. The van der Waals surface area contributed by atoms with Crippen LogP contribution in [-0.4, -0.2) is 9.85 Å². The molecule has 0 fully saturated rings. The first-order valence-corrected chi connectivity index (χ1v) is 6.95. The number of rotatable bonds is 4. The molecule has 0 spiro atoms. The van der Waals surface area contributed by atoms with E-state index in [2.05, 4.69) is 4.74 Å². The normalized spacial score (nSPS) is 10.6. The Morgan fingerprint density at radius 3 is 1.72 bits per heavy atom. The summed E-state index contributed by atoms with van der Waals surface area (Å²) in [5.74, 6) is -14.4. The quantitative estimate of drug-likeness (QED) is 0.161. The summed E-state index contributed by atoms with van der Waals surface area (Å²) in [4.78, 5) is 19.6. The molecule has 0 radical (unpaired) electrons. The van der Waals surface area contributed by atoms with Crippen molar-refractivity contribution in [3.63, 3.8) is 0 Å². The van der Waals surface area contributed by atoms with Gasteiger partial charge in [0.2, 0.25) is 40.6 Å². The number of nitro groups is 2. The van der Waals surface area contributed by atoms with E-state index in [-0.39, 0.29) is 3.57 Å². The lowest BCUT2D eigenvalue weighted by Gasteiger charge is -2.11. The van der Waals surface area contributed by atoms with Crippen LogP contribution < -0.4 is 4.74 Å². The van der Waals surface area contributed by atoms with Crippen LogP contribution in [0.4, 0.5) is 33.3 Å². The molecule has 25 heavy (non-hydrogen) atoms. The SMILES string of the molecule is O=[N+]([O-])c1cc(I)c(Oc2c(F)c(F)c(F)c(F)c2F)c([N+](=O)[O-])c1. The van der Waals surface area contributed by atoms with E-state index in [0.29, 0.717) is 6.07 Å². The highest BCUT2D eigenvalue weighted by Crippen LogP contribution is 2.41. The molecule has 2 aromatic carbocycles. The van der Waals surface area contributed by atoms with Crippen molar-refractivity contribution in [1.29, 1.82) is 0 Å². The van der Waals surface area contributed by atoms with Crippen molar-refractivity contribution in [1.82, 2.24) is 0 Å². The van der Waals surface area contributed by atoms with Crippen molar-refractivity contribution in [3.8, 4) is 11.5 Å². The summed E-state index contributed by atoms with van der Waals surface area (Å²) in [5, 5.41) is 21.7. The Hall–Kier alpha value is -2.58. The summed E-state index contributed by atoms with van der Waals surface area (Å²) >= 11 is 1.31. The van der Waals surface area contributed by atoms with Crippen molar-refractivity contribution in [3.05, 3.63) is 65.0 Å². The second-order valence-electron chi connectivity index (χ2n) is 4.29. The largest absolute Gasteiger partial charge is 0.443 e. The molecule has 0 aliphatic rings. The van der Waals surface area contributed by atoms with E-state index in [1.54, 1.807) is 0 Å². The van der Waals surface area contributed by atoms with Gasteiger partial charge < -0.3 is 4.74 Å². The molecule has 13 heteroatoms. The Kier molecular flexibility index (Phi) is 5.05. The Morgan fingerprint density at radius 1 is 0.800 bits per heavy atom. The molecule has 0 aliphatic carbocycles. The third kappa shape index (κ3) is 3.31. The Labute approximate surface area is 147 Å². The average Bonchev–Trinajstić information content (AvgIpc) is 2.55. The first kappa shape index (κ1) is 18.8. The molecular formula is C12H2F5IN2O5. The van der Waals surface area contributed by atoms with Gasteiger partial charge in [-0.25, -0.2) is 13.2 Å². The number of hydrogen-bond acceptors (Lipinski definition) is 5. The number of benzene rings is 2. The molecule has 0 saturated heterocycles. The van der Waals surface area contributed by atoms with Crippen molar-refractivity contribution in [2.45, 2.75) is 0 Å². The maximum Gasteiger partial charge on any atom is 0.319 e. The fraction of sp³-hybridized carbons (Fsp3) is 0. The van der Waals surface area contributed by atoms with E-state index in [1.165, 1.54) is 22.6 Å². The van der Waals surface area contributed by atoms with Crippen LogP contribution in [0.25, 0.3) is 0 Å². The molecule has 0 N–H and O–H groups in total. The highest BCUT2D eigenvalue weighted by atomic mass is 127. The predicted octanol–water partition coefficient (Wildman–Crippen LogP) is 4.60. The van der Waals surface area contributed by atoms with Gasteiger partial charge >= 0.3 is 5.69 Å². The summed E-state index contributed by atoms with van der Waals surface area (Å²) in [6.45, 7) is 0. The smallest absolute Gasteiger partial charge is 0.319 e. The molecule has 0 bridgehead atoms. The zero-order chi connectivity index (χ0) is 19.0. The average molecular weight is 476 g/mol. The highest BCUT2D eigenvalue weighted by Gasteiger charge is 2.31. The van der Waals surface area contributed by atoms with Gasteiger partial charge in [-0.2, -0.15) is 8.78 Å². The minimum Gasteiger partial charge on any atom is -0.443 e. The van der Waals surface area contributed by atoms with E-state index >= 15 is 0 Å². The topological polar surface area (TPSA) is 95.5 Å². The molecule has 0 unspecified atom stereocenters. The van der Waals surface area contributed by atoms with Gasteiger partial charge in [-0.3, -0.25) is 20.2 Å². The summed E-state index contributed by atoms with van der Waals surface area (Å²) in [5.41, 5.74) is -1.83. The van der Waals surface area contributed by atoms with E-state index in [1.807, 2.05) is 0 Å². The van der Waals surface area contributed by atoms with E-state index in [9.17, 15) is 42.2 Å². The van der Waals surface area contributed by atoms with E-state index in [4.69, 9.17) is 0 Å². The fourth-order valence-corrected chi connectivity index (χ4v) is 2.39. The lowest BCUT2D eigenvalue weighted by molar-refractivity contribution is -0.394. The molecule has 2 aromatic rings. The third-order valence-electron chi connectivity index (χ3n) is 2.79. The Bertz CT molecular complexity index is 894. The van der Waals surface area contributed by atoms with Crippen LogP contribution in [0.1, 0.15) is 0 Å². The zero-order valence-corrected chi connectivity index (χ0v) is 13.5. The van der Waals surface area contributed by atoms with Crippen molar-refractivity contribution in [2.75, 3.05) is 0 Å². The minimum atomic E-state index is -2.43. The molecule has 0 saturated carbocycles. The zero-order valence-electron chi connectivity index (χ0n) is 11.4. The number of ether oxygens (including phenoxy) is 1. The van der Waals surface area contributed by atoms with Gasteiger partial charge in [0.1, 0.15) is 0 Å². The van der Waals surface area contributed by atoms with Gasteiger partial charge in [0, 0.05) is 6.07 Å². The first-order chi connectivity index (χ1) is 11.6. The molecule has 2 rings (SSSR count). The van der Waals surface area contributed by atoms with Gasteiger partial charge in [0.05, 0.1) is 19.5 Å². The maximum absolute atomic E-state index is 13.6. The van der Waals surface area contributed by atoms with E-state index in [0.717, 1.165) is 6.07 Å². The van der Waals surface area contributed by atoms with Gasteiger partial charge in [0.15, 0.2) is 0 Å². The lowest BCUT2D eigenvalue weighted by atomic mass is 10.2. The van der Waals surface area contributed by atoms with Crippen LogP contribution in [0.15, 0.2) is 12.1 Å². The number of non-ortho nitro benzene ring substituents is 1. The van der Waals surface area contributed by atoms with Crippen LogP contribution in [0.5, 0.6) is 11.5 Å². The van der Waals surface area contributed by atoms with E-state index < -0.39 is 61.8 Å². The number of hydrogen-bond donors (Lipinski definition) is 0. The molecular weight excluding hydrogens is 474 g/mol. The van der Waals surface area contributed by atoms with Crippen molar-refractivity contribution in [2.24, 2.45) is 0 Å². The van der Waals surface area contributed by atoms with Crippen LogP contribution in [0.3, 0.4) is 0 Å². The molecule has 0 amide bonds. The van der Waals surface area contributed by atoms with Crippen LogP contribution in [0.2, 0.25) is 0 Å². The molecule has 0 aromatic heterocycles. The Morgan fingerprint density at radius 2 is 1.28 bits per heavy atom. The highest BCUT2D eigenvalue weighted by molar-refractivity contribution is 14.1. The molecule has 0 heterocycles. The number of nitro benzene ring substituents is 2. The van der Waals surface area contributed by atoms with Gasteiger partial charge in [-0.05, 0) is 22.6 Å². The van der Waals surface area contributed by atoms with Crippen LogP contribution in [0, 0.1) is 52.9 Å². The summed E-state index contributed by atoms with van der Waals surface area (Å²) in [7, 11) is 0. The molecule has 7 nitrogen and oxygen atoms in total. The van der Waals surface area contributed by atoms with Gasteiger partial charge in [-0.1, -0.05) is 0 Å². The van der Waals surface area contributed by atoms with Gasteiger partial charge in [0.25, 0.3) is 5.69 Å². The van der Waals surface area contributed by atoms with Crippen molar-refractivity contribution >= 4 is 34.0 Å². The van der Waals surface area contributed by atoms with Crippen LogP contribution in [-0.2, 0) is 0 Å². The fourth-order valence-electron chi connectivity index (χ4n) is 1.68. The predicted molar refractivity (Wildman–Crippen MR) is 78.8 cm³/mol. The minimum absolute atomic E-state index is 0.359. The Balaban J connectivity index is 2.70. The van der Waals surface area contributed by atoms with Crippen LogP contribution >= 0.6 is 22.6 Å². The third-order valence-corrected chi connectivity index (χ3v) is 3.59. The second kappa shape index (κ2) is 6.73. The number of nitrogens with zero attached hydrogens (tertiary/aromatic N) is 2. The van der Waals surface area contributed by atoms with Crippen molar-refractivity contribution < 1.29 is 36.5 Å². The summed E-state index contributed by atoms with van der Waals surface area (Å²) in [6.07, 6.45) is 0. The molecule has 132 valence electrons. The summed E-state index contributed by atoms with van der Waals surface area (Å²) in [6, 6.07) is 1.18. The monoisotopic (exact) mass is 476 g/mol. The maximum atomic E-state index is 13.6. The van der Waals surface area contributed by atoms with Gasteiger partial charge in [-0.15, -0.1) is 0 Å². The first-order valence-electron chi connectivity index (χ1n) is 5.87. The lowest BCUT2D eigenvalue weighted by Crippen LogP contribution is -2.06. The second-order valence-corrected chi connectivity index (χ2v) is 5.45. The standard InChI is InChI=1S/C12H2F5IN2O5/c13-6-7(14)9(16)12(10(17)8(6)15)25-11-4(18)1-3(19(21)22)2-5(11)20(23)24/h1-2H.